The molecular weight excluding hydrogens is 200 g/mol. The highest BCUT2D eigenvalue weighted by Crippen LogP contribution is 2.17. The minimum Gasteiger partial charge on any atom is -0.349 e. The molecule has 0 aromatic carbocycles. The van der Waals surface area contributed by atoms with Gasteiger partial charge in [0.1, 0.15) is 0 Å². The molecule has 16 heavy (non-hydrogen) atoms. The Morgan fingerprint density at radius 3 is 2.62 bits per heavy atom. The highest BCUT2D eigenvalue weighted by atomic mass is 16.1. The van der Waals surface area contributed by atoms with Crippen molar-refractivity contribution >= 4 is 5.91 Å². The van der Waals surface area contributed by atoms with Crippen LogP contribution < -0.4 is 5.32 Å². The van der Waals surface area contributed by atoms with Crippen LogP contribution in [0.5, 0.6) is 0 Å². The van der Waals surface area contributed by atoms with Crippen LogP contribution in [0, 0.1) is 0 Å². The number of nitrogens with zero attached hydrogens (tertiary/aromatic N) is 1. The molecule has 1 amide bonds. The Kier molecular flexibility index (Phi) is 3.91. The summed E-state index contributed by atoms with van der Waals surface area (Å²) in [6, 6.07) is 3.95. The van der Waals surface area contributed by atoms with Crippen molar-refractivity contribution in [2.45, 2.75) is 44.6 Å². The predicted molar refractivity (Wildman–Crippen MR) is 63.2 cm³/mol. The summed E-state index contributed by atoms with van der Waals surface area (Å²) < 4.78 is 0. The molecule has 2 rings (SSSR count). The number of carbonyl (C=O) groups is 1. The molecule has 1 fully saturated rings. The zero-order valence-corrected chi connectivity index (χ0v) is 9.48. The monoisotopic (exact) mass is 218 g/mol. The van der Waals surface area contributed by atoms with Gasteiger partial charge in [0, 0.05) is 18.4 Å². The van der Waals surface area contributed by atoms with E-state index in [2.05, 4.69) is 10.3 Å². The first-order valence-electron chi connectivity index (χ1n) is 6.07. The summed E-state index contributed by atoms with van der Waals surface area (Å²) in [7, 11) is 0. The van der Waals surface area contributed by atoms with Gasteiger partial charge in [-0.15, -0.1) is 0 Å². The van der Waals surface area contributed by atoms with E-state index >= 15 is 0 Å². The van der Waals surface area contributed by atoms with Crippen molar-refractivity contribution in [1.29, 1.82) is 0 Å². The fourth-order valence-corrected chi connectivity index (χ4v) is 2.19. The van der Waals surface area contributed by atoms with Crippen molar-refractivity contribution in [2.24, 2.45) is 0 Å². The van der Waals surface area contributed by atoms with Crippen LogP contribution >= 0.6 is 0 Å². The van der Waals surface area contributed by atoms with Crippen LogP contribution in [-0.2, 0) is 0 Å². The van der Waals surface area contributed by atoms with Gasteiger partial charge in [0.05, 0.1) is 5.56 Å². The first-order valence-corrected chi connectivity index (χ1v) is 6.07. The largest absolute Gasteiger partial charge is 0.349 e. The third-order valence-corrected chi connectivity index (χ3v) is 3.11. The fourth-order valence-electron chi connectivity index (χ4n) is 2.19. The normalized spacial score (nSPS) is 17.8. The Balaban J connectivity index is 1.91. The minimum absolute atomic E-state index is 0.0139. The van der Waals surface area contributed by atoms with Gasteiger partial charge in [0.2, 0.25) is 0 Å². The van der Waals surface area contributed by atoms with E-state index in [9.17, 15) is 4.79 Å². The number of nitrogens with one attached hydrogen (secondary N) is 1. The van der Waals surface area contributed by atoms with Crippen LogP contribution in [0.3, 0.4) is 0 Å². The summed E-state index contributed by atoms with van der Waals surface area (Å²) in [5.41, 5.74) is 0.659. The van der Waals surface area contributed by atoms with Gasteiger partial charge < -0.3 is 5.32 Å². The van der Waals surface area contributed by atoms with Crippen LogP contribution in [0.25, 0.3) is 0 Å². The fraction of sp³-hybridized carbons (Fsp3) is 0.538. The van der Waals surface area contributed by atoms with Crippen LogP contribution in [0.2, 0.25) is 0 Å². The number of pyridine rings is 1. The average molecular weight is 218 g/mol. The summed E-state index contributed by atoms with van der Waals surface area (Å²) in [5, 5.41) is 3.10. The SMILES string of the molecule is O=C(NC1CCCCCC1)c1cccnc1. The molecule has 86 valence electrons. The lowest BCUT2D eigenvalue weighted by Crippen LogP contribution is -2.34. The van der Waals surface area contributed by atoms with E-state index in [1.54, 1.807) is 24.5 Å². The van der Waals surface area contributed by atoms with Crippen LogP contribution in [0.1, 0.15) is 48.9 Å². The van der Waals surface area contributed by atoms with Crippen molar-refractivity contribution in [1.82, 2.24) is 10.3 Å². The van der Waals surface area contributed by atoms with Crippen LogP contribution in [0.15, 0.2) is 24.5 Å². The third kappa shape index (κ3) is 3.05. The molecule has 0 spiro atoms. The van der Waals surface area contributed by atoms with E-state index < -0.39 is 0 Å². The lowest BCUT2D eigenvalue weighted by molar-refractivity contribution is 0.0933. The Labute approximate surface area is 96.3 Å². The number of hydrogen-bond donors (Lipinski definition) is 1. The lowest BCUT2D eigenvalue weighted by atomic mass is 10.1. The van der Waals surface area contributed by atoms with E-state index in [1.165, 1.54) is 25.7 Å². The number of amides is 1. The zero-order chi connectivity index (χ0) is 11.2. The van der Waals surface area contributed by atoms with Crippen LogP contribution in [-0.4, -0.2) is 16.9 Å². The third-order valence-electron chi connectivity index (χ3n) is 3.11. The maximum absolute atomic E-state index is 11.9. The number of carbonyl (C=O) groups excluding carboxylic acids is 1. The molecule has 0 saturated heterocycles. The van der Waals surface area contributed by atoms with Crippen LogP contribution in [0.4, 0.5) is 0 Å². The maximum atomic E-state index is 11.9. The highest BCUT2D eigenvalue weighted by molar-refractivity contribution is 5.93. The first kappa shape index (κ1) is 11.1. The summed E-state index contributed by atoms with van der Waals surface area (Å²) >= 11 is 0. The van der Waals surface area contributed by atoms with E-state index in [1.807, 2.05) is 0 Å². The molecule has 0 bridgehead atoms. The van der Waals surface area contributed by atoms with Gasteiger partial charge in [-0.25, -0.2) is 0 Å². The second kappa shape index (κ2) is 5.64. The van der Waals surface area contributed by atoms with Gasteiger partial charge in [-0.3, -0.25) is 9.78 Å². The molecule has 3 heteroatoms. The molecule has 1 saturated carbocycles. The molecule has 1 aromatic heterocycles. The smallest absolute Gasteiger partial charge is 0.253 e. The zero-order valence-electron chi connectivity index (χ0n) is 9.48. The molecule has 1 aliphatic carbocycles. The Morgan fingerprint density at radius 1 is 1.25 bits per heavy atom. The standard InChI is InChI=1S/C13H18N2O/c16-13(11-6-5-9-14-10-11)15-12-7-3-1-2-4-8-12/h5-6,9-10,12H,1-4,7-8H2,(H,15,16). The molecule has 1 N–H and O–H groups in total. The van der Waals surface area contributed by atoms with Gasteiger partial charge in [0.15, 0.2) is 0 Å². The van der Waals surface area contributed by atoms with Gasteiger partial charge in [0.25, 0.3) is 5.91 Å². The Morgan fingerprint density at radius 2 is 2.00 bits per heavy atom. The molecular formula is C13H18N2O. The molecule has 1 aromatic rings. The molecule has 0 aliphatic heterocycles. The quantitative estimate of drug-likeness (QED) is 0.775. The molecule has 0 unspecified atom stereocenters. The van der Waals surface area contributed by atoms with Crippen molar-refractivity contribution in [3.05, 3.63) is 30.1 Å². The van der Waals surface area contributed by atoms with E-state index in [0.29, 0.717) is 11.6 Å². The molecule has 0 radical (unpaired) electrons. The molecule has 3 nitrogen and oxygen atoms in total. The summed E-state index contributed by atoms with van der Waals surface area (Å²) in [5.74, 6) is 0.0139. The Bertz CT molecular complexity index is 329. The maximum Gasteiger partial charge on any atom is 0.253 e. The van der Waals surface area contributed by atoms with Gasteiger partial charge in [-0.2, -0.15) is 0 Å². The summed E-state index contributed by atoms with van der Waals surface area (Å²) in [6.07, 6.45) is 10.6. The highest BCUT2D eigenvalue weighted by Gasteiger charge is 2.15. The first-order chi connectivity index (χ1) is 7.86. The van der Waals surface area contributed by atoms with Crippen molar-refractivity contribution in [3.63, 3.8) is 0 Å². The number of aromatic nitrogens is 1. The molecule has 1 heterocycles. The lowest BCUT2D eigenvalue weighted by Gasteiger charge is -2.15. The number of hydrogen-bond acceptors (Lipinski definition) is 2. The Hall–Kier alpha value is -1.38. The van der Waals surface area contributed by atoms with E-state index in [-0.39, 0.29) is 5.91 Å². The second-order valence-electron chi connectivity index (χ2n) is 4.40. The molecule has 0 atom stereocenters. The van der Waals surface area contributed by atoms with E-state index in [0.717, 1.165) is 12.8 Å². The predicted octanol–water partition coefficient (Wildman–Crippen LogP) is 2.53. The van der Waals surface area contributed by atoms with Gasteiger partial charge in [-0.1, -0.05) is 25.7 Å². The topological polar surface area (TPSA) is 42.0 Å². The second-order valence-corrected chi connectivity index (χ2v) is 4.40. The molecule has 1 aliphatic rings. The number of rotatable bonds is 2. The van der Waals surface area contributed by atoms with Crippen molar-refractivity contribution < 1.29 is 4.79 Å². The summed E-state index contributed by atoms with van der Waals surface area (Å²) in [6.45, 7) is 0. The average Bonchev–Trinajstić information content (AvgIpc) is 2.59. The van der Waals surface area contributed by atoms with Gasteiger partial charge in [-0.05, 0) is 25.0 Å². The van der Waals surface area contributed by atoms with Crippen molar-refractivity contribution in [2.75, 3.05) is 0 Å². The van der Waals surface area contributed by atoms with Crippen molar-refractivity contribution in [3.8, 4) is 0 Å². The van der Waals surface area contributed by atoms with Gasteiger partial charge >= 0.3 is 0 Å². The minimum atomic E-state index is 0.0139. The summed E-state index contributed by atoms with van der Waals surface area (Å²) in [4.78, 5) is 15.8. The van der Waals surface area contributed by atoms with E-state index in [4.69, 9.17) is 0 Å².